The SMILES string of the molecule is C1=CN2C=Cc3ccccc3N2C=C1.O=C(CC(=O)c1ccccc1)c1ccccc1.O=C(CC(=O)c1ccccc1)c1ccccc1.O=C(CC(=O)c1ccccc1)c1ccccc1.[Eu+3]. The van der Waals surface area contributed by atoms with Crippen molar-refractivity contribution in [1.82, 2.24) is 5.01 Å². The molecule has 7 aromatic rings. The van der Waals surface area contributed by atoms with Gasteiger partial charge < -0.3 is 0 Å². The third kappa shape index (κ3) is 15.3. The van der Waals surface area contributed by atoms with Gasteiger partial charge in [-0.3, -0.25) is 38.8 Å². The van der Waals surface area contributed by atoms with Gasteiger partial charge in [-0.25, -0.2) is 0 Å². The van der Waals surface area contributed by atoms with Gasteiger partial charge >= 0.3 is 49.4 Å². The minimum atomic E-state index is -0.139. The molecule has 2 aliphatic heterocycles. The second-order valence-corrected chi connectivity index (χ2v) is 14.5. The van der Waals surface area contributed by atoms with Crippen molar-refractivity contribution < 1.29 is 78.1 Å². The number of ketones is 6. The van der Waals surface area contributed by atoms with E-state index in [-0.39, 0.29) is 103 Å². The van der Waals surface area contributed by atoms with Gasteiger partial charge in [0.1, 0.15) is 0 Å². The maximum Gasteiger partial charge on any atom is 3.00 e. The summed E-state index contributed by atoms with van der Waals surface area (Å²) in [4.78, 5) is 70.8. The molecule has 9 rings (SSSR count). The molecule has 9 heteroatoms. The molecule has 2 heterocycles. The molecule has 0 aromatic heterocycles. The normalized spacial score (nSPS) is 11.2. The van der Waals surface area contributed by atoms with Crippen molar-refractivity contribution >= 4 is 46.5 Å². The third-order valence-corrected chi connectivity index (χ3v) is 9.95. The summed E-state index contributed by atoms with van der Waals surface area (Å²) in [5.74, 6) is -0.836. The molecule has 7 aromatic carbocycles. The number of fused-ring (bicyclic) bond motifs is 3. The fraction of sp³-hybridized carbons (Fsp3) is 0.0526. The summed E-state index contributed by atoms with van der Waals surface area (Å²) in [7, 11) is 0. The zero-order chi connectivity index (χ0) is 45.6. The summed E-state index contributed by atoms with van der Waals surface area (Å²) in [6.07, 6.45) is 12.1. The third-order valence-electron chi connectivity index (χ3n) is 9.95. The molecule has 8 nitrogen and oxygen atoms in total. The molecular formula is C57H46EuN2O6+3. The van der Waals surface area contributed by atoms with Crippen LogP contribution in [0, 0.1) is 49.4 Å². The van der Waals surface area contributed by atoms with Crippen LogP contribution in [0.15, 0.2) is 237 Å². The van der Waals surface area contributed by atoms with Crippen LogP contribution in [-0.4, -0.2) is 39.7 Å². The van der Waals surface area contributed by atoms with Crippen molar-refractivity contribution in [3.63, 3.8) is 0 Å². The first kappa shape index (κ1) is 50.0. The fourth-order valence-electron chi connectivity index (χ4n) is 6.53. The number of benzene rings is 7. The molecule has 0 aliphatic carbocycles. The summed E-state index contributed by atoms with van der Waals surface area (Å²) < 4.78 is 0. The first-order chi connectivity index (χ1) is 31.8. The zero-order valence-corrected chi connectivity index (χ0v) is 38.4. The number of rotatable bonds is 12. The number of anilines is 1. The molecule has 0 saturated heterocycles. The van der Waals surface area contributed by atoms with Crippen LogP contribution in [0.2, 0.25) is 0 Å². The first-order valence-corrected chi connectivity index (χ1v) is 21.0. The molecule has 0 amide bonds. The van der Waals surface area contributed by atoms with E-state index in [1.54, 1.807) is 146 Å². The summed E-state index contributed by atoms with van der Waals surface area (Å²) in [6.45, 7) is 0. The quantitative estimate of drug-likeness (QED) is 0.0879. The molecule has 0 atom stereocenters. The van der Waals surface area contributed by atoms with Gasteiger partial charge in [0.05, 0.1) is 24.9 Å². The topological polar surface area (TPSA) is 109 Å². The Kier molecular flexibility index (Phi) is 20.2. The van der Waals surface area contributed by atoms with E-state index in [0.717, 1.165) is 0 Å². The van der Waals surface area contributed by atoms with Crippen LogP contribution >= 0.6 is 0 Å². The van der Waals surface area contributed by atoms with Crippen LogP contribution < -0.4 is 5.01 Å². The molecule has 2 aliphatic rings. The van der Waals surface area contributed by atoms with Crippen LogP contribution in [0.25, 0.3) is 6.08 Å². The number of carbonyl (C=O) groups is 6. The molecule has 0 radical (unpaired) electrons. The molecule has 0 N–H and O–H groups in total. The fourth-order valence-corrected chi connectivity index (χ4v) is 6.53. The molecule has 0 fully saturated rings. The van der Waals surface area contributed by atoms with Crippen LogP contribution in [-0.2, 0) is 0 Å². The van der Waals surface area contributed by atoms with Gasteiger partial charge in [-0.1, -0.05) is 200 Å². The summed E-state index contributed by atoms with van der Waals surface area (Å²) in [6, 6.07) is 61.6. The average Bonchev–Trinajstić information content (AvgIpc) is 3.38. The summed E-state index contributed by atoms with van der Waals surface area (Å²) in [5.41, 5.74) is 5.95. The molecule has 0 spiro atoms. The van der Waals surface area contributed by atoms with E-state index >= 15 is 0 Å². The predicted molar refractivity (Wildman–Crippen MR) is 257 cm³/mol. The van der Waals surface area contributed by atoms with Crippen molar-refractivity contribution in [3.8, 4) is 0 Å². The monoisotopic (exact) mass is 1010 g/mol. The van der Waals surface area contributed by atoms with E-state index in [1.165, 1.54) is 11.3 Å². The van der Waals surface area contributed by atoms with E-state index in [2.05, 4.69) is 52.8 Å². The minimum Gasteiger partial charge on any atom is -0.294 e. The summed E-state index contributed by atoms with van der Waals surface area (Å²) >= 11 is 0. The number of Topliss-reactive ketones (excluding diaryl/α,β-unsaturated/α-hetero) is 6. The average molecular weight is 1010 g/mol. The molecule has 0 bridgehead atoms. The smallest absolute Gasteiger partial charge is 0.294 e. The number of hydrazine groups is 1. The van der Waals surface area contributed by atoms with Crippen LogP contribution in [0.5, 0.6) is 0 Å². The molecule has 0 saturated carbocycles. The van der Waals surface area contributed by atoms with Gasteiger partial charge in [0.2, 0.25) is 0 Å². The molecule has 324 valence electrons. The Morgan fingerprint density at radius 2 is 0.561 bits per heavy atom. The summed E-state index contributed by atoms with van der Waals surface area (Å²) in [5, 5.41) is 4.18. The Balaban J connectivity index is 0.000000164. The Labute approximate surface area is 426 Å². The molecule has 66 heavy (non-hydrogen) atoms. The van der Waals surface area contributed by atoms with Crippen molar-refractivity contribution in [2.24, 2.45) is 0 Å². The number of hydrogen-bond donors (Lipinski definition) is 0. The van der Waals surface area contributed by atoms with Gasteiger partial charge in [0.15, 0.2) is 34.7 Å². The standard InChI is InChI=1S/3C15H12O2.C12H10N2.Eu/c3*16-14(12-7-3-1-4-8-12)11-15(17)13-9-5-2-6-10-13;1-2-6-12-11(5-1)7-10-13-8-3-4-9-14(12)13;/h3*1-10H,11H2;1-10H;/q;;;;+3. The van der Waals surface area contributed by atoms with Crippen LogP contribution in [0.4, 0.5) is 5.69 Å². The van der Waals surface area contributed by atoms with E-state index in [0.29, 0.717) is 33.4 Å². The maximum absolute atomic E-state index is 11.8. The maximum atomic E-state index is 11.8. The second kappa shape index (κ2) is 26.7. The minimum absolute atomic E-state index is 0. The molecular weight excluding hydrogens is 961 g/mol. The Bertz CT molecular complexity index is 2390. The van der Waals surface area contributed by atoms with E-state index in [1.807, 2.05) is 54.8 Å². The predicted octanol–water partition coefficient (Wildman–Crippen LogP) is 12.2. The van der Waals surface area contributed by atoms with Gasteiger partial charge in [-0.05, 0) is 24.3 Å². The van der Waals surface area contributed by atoms with E-state index in [4.69, 9.17) is 0 Å². The number of nitrogens with zero attached hydrogens (tertiary/aromatic N) is 2. The van der Waals surface area contributed by atoms with Crippen LogP contribution in [0.3, 0.4) is 0 Å². The molecule has 0 unspecified atom stereocenters. The number of para-hydroxylation sites is 1. The van der Waals surface area contributed by atoms with Crippen LogP contribution in [0.1, 0.15) is 87.0 Å². The number of allylic oxidation sites excluding steroid dienone is 2. The Morgan fingerprint density at radius 1 is 0.303 bits per heavy atom. The van der Waals surface area contributed by atoms with Gasteiger partial charge in [-0.2, -0.15) is 0 Å². The van der Waals surface area contributed by atoms with Crippen molar-refractivity contribution in [1.29, 1.82) is 0 Å². The van der Waals surface area contributed by atoms with Crippen molar-refractivity contribution in [2.75, 3.05) is 5.01 Å². The van der Waals surface area contributed by atoms with Gasteiger partial charge in [-0.15, -0.1) is 0 Å². The van der Waals surface area contributed by atoms with E-state index in [9.17, 15) is 28.8 Å². The largest absolute Gasteiger partial charge is 3.00 e. The van der Waals surface area contributed by atoms with Gasteiger partial charge in [0, 0.05) is 57.5 Å². The number of hydrogen-bond acceptors (Lipinski definition) is 8. The van der Waals surface area contributed by atoms with Gasteiger partial charge in [0.25, 0.3) is 0 Å². The van der Waals surface area contributed by atoms with Crippen molar-refractivity contribution in [2.45, 2.75) is 19.3 Å². The second-order valence-electron chi connectivity index (χ2n) is 14.5. The first-order valence-electron chi connectivity index (χ1n) is 21.0. The Hall–Kier alpha value is -7.04. The zero-order valence-electron chi connectivity index (χ0n) is 35.9. The number of carbonyl (C=O) groups excluding carboxylic acids is 6. The van der Waals surface area contributed by atoms with E-state index < -0.39 is 0 Å². The Morgan fingerprint density at radius 3 is 0.864 bits per heavy atom. The van der Waals surface area contributed by atoms with Crippen molar-refractivity contribution in [3.05, 3.63) is 276 Å².